The van der Waals surface area contributed by atoms with E-state index in [4.69, 9.17) is 4.74 Å². The van der Waals surface area contributed by atoms with Crippen molar-refractivity contribution < 1.29 is 14.3 Å². The lowest BCUT2D eigenvalue weighted by Gasteiger charge is -2.23. The molecule has 0 saturated carbocycles. The van der Waals surface area contributed by atoms with Crippen LogP contribution >= 0.6 is 0 Å². The van der Waals surface area contributed by atoms with Crippen molar-refractivity contribution in [3.63, 3.8) is 0 Å². The number of benzene rings is 1. The molecule has 1 rings (SSSR count). The molecule has 106 valence electrons. The van der Waals surface area contributed by atoms with Crippen molar-refractivity contribution in [2.75, 3.05) is 32.7 Å². The number of ether oxygens (including phenoxy) is 2. The standard InChI is InChI=1S/C15H23NO3/c1-11-9-12(2)15(19-5)13(10-11)16(3)8-6-7-14(17)18-4/h9-10H,6-8H2,1-5H3. The molecule has 0 atom stereocenters. The summed E-state index contributed by atoms with van der Waals surface area (Å²) in [5.41, 5.74) is 3.38. The van der Waals surface area contributed by atoms with Crippen molar-refractivity contribution in [3.05, 3.63) is 23.3 Å². The predicted octanol–water partition coefficient (Wildman–Crippen LogP) is 2.70. The highest BCUT2D eigenvalue weighted by Crippen LogP contribution is 2.32. The molecular weight excluding hydrogens is 242 g/mol. The van der Waals surface area contributed by atoms with Crippen LogP contribution in [0, 0.1) is 13.8 Å². The number of carbonyl (C=O) groups excluding carboxylic acids is 1. The fourth-order valence-electron chi connectivity index (χ4n) is 2.16. The maximum atomic E-state index is 11.1. The van der Waals surface area contributed by atoms with Gasteiger partial charge in [0, 0.05) is 20.0 Å². The highest BCUT2D eigenvalue weighted by Gasteiger charge is 2.12. The second-order valence-electron chi connectivity index (χ2n) is 4.74. The molecule has 0 amide bonds. The van der Waals surface area contributed by atoms with Crippen molar-refractivity contribution in [2.45, 2.75) is 26.7 Å². The van der Waals surface area contributed by atoms with E-state index in [1.165, 1.54) is 12.7 Å². The van der Waals surface area contributed by atoms with E-state index < -0.39 is 0 Å². The van der Waals surface area contributed by atoms with Gasteiger partial charge in [0.05, 0.1) is 19.9 Å². The van der Waals surface area contributed by atoms with E-state index in [0.29, 0.717) is 6.42 Å². The third-order valence-corrected chi connectivity index (χ3v) is 3.12. The second-order valence-corrected chi connectivity index (χ2v) is 4.74. The molecule has 19 heavy (non-hydrogen) atoms. The van der Waals surface area contributed by atoms with Gasteiger partial charge in [0.25, 0.3) is 0 Å². The molecule has 0 aliphatic carbocycles. The van der Waals surface area contributed by atoms with E-state index in [9.17, 15) is 4.79 Å². The van der Waals surface area contributed by atoms with Crippen LogP contribution in [-0.2, 0) is 9.53 Å². The summed E-state index contributed by atoms with van der Waals surface area (Å²) in [6.45, 7) is 4.89. The lowest BCUT2D eigenvalue weighted by atomic mass is 10.1. The van der Waals surface area contributed by atoms with Gasteiger partial charge in [-0.3, -0.25) is 4.79 Å². The first kappa shape index (κ1) is 15.3. The number of hydrogen-bond donors (Lipinski definition) is 0. The molecule has 0 fully saturated rings. The molecule has 1 aromatic rings. The highest BCUT2D eigenvalue weighted by molar-refractivity contribution is 5.69. The Bertz CT molecular complexity index is 443. The molecule has 0 heterocycles. The van der Waals surface area contributed by atoms with Crippen molar-refractivity contribution in [1.82, 2.24) is 0 Å². The van der Waals surface area contributed by atoms with Gasteiger partial charge < -0.3 is 14.4 Å². The first-order chi connectivity index (χ1) is 8.99. The number of anilines is 1. The van der Waals surface area contributed by atoms with Gasteiger partial charge in [-0.15, -0.1) is 0 Å². The Labute approximate surface area is 115 Å². The van der Waals surface area contributed by atoms with Crippen LogP contribution in [0.4, 0.5) is 5.69 Å². The number of hydrogen-bond acceptors (Lipinski definition) is 4. The monoisotopic (exact) mass is 265 g/mol. The smallest absolute Gasteiger partial charge is 0.305 e. The predicted molar refractivity (Wildman–Crippen MR) is 77.0 cm³/mol. The number of rotatable bonds is 6. The normalized spacial score (nSPS) is 10.2. The van der Waals surface area contributed by atoms with Crippen molar-refractivity contribution >= 4 is 11.7 Å². The van der Waals surface area contributed by atoms with Crippen LogP contribution in [0.1, 0.15) is 24.0 Å². The number of aryl methyl sites for hydroxylation is 2. The van der Waals surface area contributed by atoms with E-state index in [1.807, 2.05) is 14.0 Å². The number of methoxy groups -OCH3 is 2. The lowest BCUT2D eigenvalue weighted by Crippen LogP contribution is -2.20. The molecular formula is C15H23NO3. The van der Waals surface area contributed by atoms with Gasteiger partial charge in [0.2, 0.25) is 0 Å². The molecule has 0 aromatic heterocycles. The van der Waals surface area contributed by atoms with E-state index in [2.05, 4.69) is 28.7 Å². The van der Waals surface area contributed by atoms with Crippen LogP contribution < -0.4 is 9.64 Å². The van der Waals surface area contributed by atoms with E-state index in [1.54, 1.807) is 7.11 Å². The van der Waals surface area contributed by atoms with Crippen LogP contribution in [0.5, 0.6) is 5.75 Å². The van der Waals surface area contributed by atoms with E-state index in [0.717, 1.165) is 30.0 Å². The lowest BCUT2D eigenvalue weighted by molar-refractivity contribution is -0.140. The summed E-state index contributed by atoms with van der Waals surface area (Å²) in [6, 6.07) is 4.20. The summed E-state index contributed by atoms with van der Waals surface area (Å²) in [5.74, 6) is 0.729. The van der Waals surface area contributed by atoms with Gasteiger partial charge in [0.15, 0.2) is 0 Å². The topological polar surface area (TPSA) is 38.8 Å². The zero-order valence-corrected chi connectivity index (χ0v) is 12.4. The maximum Gasteiger partial charge on any atom is 0.305 e. The highest BCUT2D eigenvalue weighted by atomic mass is 16.5. The van der Waals surface area contributed by atoms with Gasteiger partial charge in [0.1, 0.15) is 5.75 Å². The largest absolute Gasteiger partial charge is 0.494 e. The van der Waals surface area contributed by atoms with Crippen molar-refractivity contribution in [2.24, 2.45) is 0 Å². The Morgan fingerprint density at radius 1 is 1.26 bits per heavy atom. The quantitative estimate of drug-likeness (QED) is 0.741. The summed E-state index contributed by atoms with van der Waals surface area (Å²) in [4.78, 5) is 13.2. The SMILES string of the molecule is COC(=O)CCCN(C)c1cc(C)cc(C)c1OC. The third-order valence-electron chi connectivity index (χ3n) is 3.12. The zero-order chi connectivity index (χ0) is 14.4. The summed E-state index contributed by atoms with van der Waals surface area (Å²) in [7, 11) is 5.11. The second kappa shape index (κ2) is 7.02. The average Bonchev–Trinajstić information content (AvgIpc) is 2.37. The van der Waals surface area contributed by atoms with Crippen LogP contribution in [0.3, 0.4) is 0 Å². The minimum atomic E-state index is -0.166. The number of nitrogens with zero attached hydrogens (tertiary/aromatic N) is 1. The molecule has 0 N–H and O–H groups in total. The molecule has 0 unspecified atom stereocenters. The zero-order valence-electron chi connectivity index (χ0n) is 12.4. The van der Waals surface area contributed by atoms with E-state index >= 15 is 0 Å². The number of carbonyl (C=O) groups is 1. The molecule has 4 nitrogen and oxygen atoms in total. The molecule has 0 spiro atoms. The Hall–Kier alpha value is -1.71. The molecule has 0 saturated heterocycles. The first-order valence-corrected chi connectivity index (χ1v) is 6.42. The summed E-state index contributed by atoms with van der Waals surface area (Å²) >= 11 is 0. The van der Waals surface area contributed by atoms with Gasteiger partial charge in [-0.1, -0.05) is 6.07 Å². The first-order valence-electron chi connectivity index (χ1n) is 6.42. The Morgan fingerprint density at radius 2 is 1.95 bits per heavy atom. The minimum absolute atomic E-state index is 0.166. The minimum Gasteiger partial charge on any atom is -0.494 e. The summed E-state index contributed by atoms with van der Waals surface area (Å²) in [6.07, 6.45) is 1.20. The van der Waals surface area contributed by atoms with Crippen LogP contribution in [0.2, 0.25) is 0 Å². The van der Waals surface area contributed by atoms with Crippen LogP contribution in [-0.4, -0.2) is 33.8 Å². The Kier molecular flexibility index (Phi) is 5.67. The van der Waals surface area contributed by atoms with Crippen molar-refractivity contribution in [1.29, 1.82) is 0 Å². The van der Waals surface area contributed by atoms with Crippen molar-refractivity contribution in [3.8, 4) is 5.75 Å². The number of esters is 1. The van der Waals surface area contributed by atoms with Gasteiger partial charge in [-0.2, -0.15) is 0 Å². The van der Waals surface area contributed by atoms with Crippen LogP contribution in [0.25, 0.3) is 0 Å². The third kappa shape index (κ3) is 4.16. The summed E-state index contributed by atoms with van der Waals surface area (Å²) in [5, 5.41) is 0. The van der Waals surface area contributed by atoms with Gasteiger partial charge in [-0.25, -0.2) is 0 Å². The molecule has 1 aromatic carbocycles. The fraction of sp³-hybridized carbons (Fsp3) is 0.533. The molecule has 0 aliphatic rings. The summed E-state index contributed by atoms with van der Waals surface area (Å²) < 4.78 is 10.1. The fourth-order valence-corrected chi connectivity index (χ4v) is 2.16. The molecule has 0 bridgehead atoms. The average molecular weight is 265 g/mol. The van der Waals surface area contributed by atoms with Gasteiger partial charge >= 0.3 is 5.97 Å². The molecule has 0 radical (unpaired) electrons. The van der Waals surface area contributed by atoms with Gasteiger partial charge in [-0.05, 0) is 37.5 Å². The van der Waals surface area contributed by atoms with E-state index in [-0.39, 0.29) is 5.97 Å². The molecule has 4 heteroatoms. The maximum absolute atomic E-state index is 11.1. The molecule has 0 aliphatic heterocycles. The Balaban J connectivity index is 2.76. The Morgan fingerprint density at radius 3 is 2.53 bits per heavy atom. The van der Waals surface area contributed by atoms with Crippen LogP contribution in [0.15, 0.2) is 12.1 Å².